The van der Waals surface area contributed by atoms with E-state index in [9.17, 15) is 0 Å². The van der Waals surface area contributed by atoms with Gasteiger partial charge >= 0.3 is 6.01 Å². The zero-order chi connectivity index (χ0) is 13.4. The number of rotatable bonds is 4. The van der Waals surface area contributed by atoms with E-state index in [1.54, 1.807) is 11.3 Å². The van der Waals surface area contributed by atoms with Crippen LogP contribution in [-0.4, -0.2) is 16.6 Å². The first kappa shape index (κ1) is 11.9. The molecule has 1 aliphatic carbocycles. The zero-order valence-electron chi connectivity index (χ0n) is 11.0. The van der Waals surface area contributed by atoms with Crippen LogP contribution in [0.1, 0.15) is 12.8 Å². The Labute approximate surface area is 121 Å². The topological polar surface area (TPSA) is 35.0 Å². The van der Waals surface area contributed by atoms with Crippen molar-refractivity contribution in [2.45, 2.75) is 12.8 Å². The molecule has 0 aliphatic heterocycles. The number of hydrogen-bond acceptors (Lipinski definition) is 4. The average Bonchev–Trinajstić information content (AvgIpc) is 3.16. The SMILES string of the molecule is c1csc(-c2nc(OCC3CC3)nc3ccccc23)c1. The second-order valence-electron chi connectivity index (χ2n) is 5.10. The molecule has 100 valence electrons. The van der Waals surface area contributed by atoms with E-state index in [0.717, 1.165) is 28.1 Å². The van der Waals surface area contributed by atoms with Crippen LogP contribution in [0.4, 0.5) is 0 Å². The predicted molar refractivity (Wildman–Crippen MR) is 81.1 cm³/mol. The molecule has 0 N–H and O–H groups in total. The highest BCUT2D eigenvalue weighted by molar-refractivity contribution is 7.13. The number of hydrogen-bond donors (Lipinski definition) is 0. The Morgan fingerprint density at radius 3 is 2.80 bits per heavy atom. The van der Waals surface area contributed by atoms with E-state index in [0.29, 0.717) is 11.9 Å². The van der Waals surface area contributed by atoms with E-state index in [-0.39, 0.29) is 0 Å². The molecule has 1 aliphatic rings. The number of benzene rings is 1. The molecule has 1 fully saturated rings. The Hall–Kier alpha value is -1.94. The molecule has 4 rings (SSSR count). The standard InChI is InChI=1S/C16H14N2OS/c1-2-5-13-12(4-1)15(14-6-3-9-20-14)18-16(17-13)19-10-11-7-8-11/h1-6,9,11H,7-8,10H2. The normalized spacial score (nSPS) is 14.6. The number of ether oxygens (including phenoxy) is 1. The zero-order valence-corrected chi connectivity index (χ0v) is 11.8. The van der Waals surface area contributed by atoms with Crippen molar-refractivity contribution in [3.8, 4) is 16.6 Å². The van der Waals surface area contributed by atoms with Crippen molar-refractivity contribution in [1.82, 2.24) is 9.97 Å². The van der Waals surface area contributed by atoms with Gasteiger partial charge in [-0.2, -0.15) is 9.97 Å². The van der Waals surface area contributed by atoms with Gasteiger partial charge in [-0.25, -0.2) is 0 Å². The number of para-hydroxylation sites is 1. The van der Waals surface area contributed by atoms with Crippen LogP contribution in [0, 0.1) is 5.92 Å². The van der Waals surface area contributed by atoms with Crippen LogP contribution in [-0.2, 0) is 0 Å². The highest BCUT2D eigenvalue weighted by Gasteiger charge is 2.22. The first-order valence-corrected chi connectivity index (χ1v) is 7.71. The fraction of sp³-hybridized carbons (Fsp3) is 0.250. The van der Waals surface area contributed by atoms with Crippen LogP contribution in [0.5, 0.6) is 6.01 Å². The van der Waals surface area contributed by atoms with Crippen LogP contribution in [0.15, 0.2) is 41.8 Å². The molecule has 2 heterocycles. The van der Waals surface area contributed by atoms with Crippen LogP contribution < -0.4 is 4.74 Å². The van der Waals surface area contributed by atoms with Crippen molar-refractivity contribution in [2.75, 3.05) is 6.61 Å². The predicted octanol–water partition coefficient (Wildman–Crippen LogP) is 4.15. The van der Waals surface area contributed by atoms with E-state index in [4.69, 9.17) is 4.74 Å². The lowest BCUT2D eigenvalue weighted by molar-refractivity contribution is 0.278. The summed E-state index contributed by atoms with van der Waals surface area (Å²) in [6, 6.07) is 12.7. The van der Waals surface area contributed by atoms with E-state index < -0.39 is 0 Å². The summed E-state index contributed by atoms with van der Waals surface area (Å²) in [7, 11) is 0. The minimum atomic E-state index is 0.499. The van der Waals surface area contributed by atoms with Gasteiger partial charge in [0, 0.05) is 5.39 Å². The lowest BCUT2D eigenvalue weighted by Crippen LogP contribution is -2.03. The minimum absolute atomic E-state index is 0.499. The van der Waals surface area contributed by atoms with Crippen molar-refractivity contribution >= 4 is 22.2 Å². The number of aromatic nitrogens is 2. The van der Waals surface area contributed by atoms with Gasteiger partial charge < -0.3 is 4.74 Å². The third-order valence-corrected chi connectivity index (χ3v) is 4.36. The third kappa shape index (κ3) is 2.27. The lowest BCUT2D eigenvalue weighted by Gasteiger charge is -2.08. The van der Waals surface area contributed by atoms with Gasteiger partial charge in [0.15, 0.2) is 0 Å². The Balaban J connectivity index is 1.81. The fourth-order valence-corrected chi connectivity index (χ4v) is 2.93. The maximum Gasteiger partial charge on any atom is 0.317 e. The maximum atomic E-state index is 5.76. The van der Waals surface area contributed by atoms with Crippen LogP contribution >= 0.6 is 11.3 Å². The fourth-order valence-electron chi connectivity index (χ4n) is 2.20. The summed E-state index contributed by atoms with van der Waals surface area (Å²) in [5, 5.41) is 3.14. The molecule has 0 atom stereocenters. The Morgan fingerprint density at radius 1 is 1.10 bits per heavy atom. The summed E-state index contributed by atoms with van der Waals surface area (Å²) < 4.78 is 5.76. The molecule has 20 heavy (non-hydrogen) atoms. The second kappa shape index (κ2) is 4.87. The molecule has 2 aromatic heterocycles. The summed E-state index contributed by atoms with van der Waals surface area (Å²) in [5.74, 6) is 0.704. The molecule has 0 radical (unpaired) electrons. The first-order chi connectivity index (χ1) is 9.90. The van der Waals surface area contributed by atoms with E-state index in [1.807, 2.05) is 24.3 Å². The van der Waals surface area contributed by atoms with Gasteiger partial charge in [-0.15, -0.1) is 11.3 Å². The molecule has 0 unspecified atom stereocenters. The molecule has 3 nitrogen and oxygen atoms in total. The largest absolute Gasteiger partial charge is 0.463 e. The van der Waals surface area contributed by atoms with Crippen molar-refractivity contribution in [3.63, 3.8) is 0 Å². The van der Waals surface area contributed by atoms with Gasteiger partial charge in [0.25, 0.3) is 0 Å². The molecule has 4 heteroatoms. The molecule has 0 amide bonds. The van der Waals surface area contributed by atoms with Crippen LogP contribution in [0.3, 0.4) is 0 Å². The van der Waals surface area contributed by atoms with E-state index in [1.165, 1.54) is 12.8 Å². The molecule has 1 aromatic carbocycles. The molecular formula is C16H14N2OS. The number of nitrogens with zero attached hydrogens (tertiary/aromatic N) is 2. The van der Waals surface area contributed by atoms with Gasteiger partial charge in [-0.05, 0) is 36.3 Å². The van der Waals surface area contributed by atoms with E-state index in [2.05, 4.69) is 27.5 Å². The number of thiophene rings is 1. The molecule has 1 saturated carbocycles. The molecular weight excluding hydrogens is 268 g/mol. The molecule has 3 aromatic rings. The molecule has 0 saturated heterocycles. The number of fused-ring (bicyclic) bond motifs is 1. The van der Waals surface area contributed by atoms with Crippen molar-refractivity contribution in [3.05, 3.63) is 41.8 Å². The second-order valence-corrected chi connectivity index (χ2v) is 6.05. The van der Waals surface area contributed by atoms with Gasteiger partial charge in [0.05, 0.1) is 22.7 Å². The lowest BCUT2D eigenvalue weighted by atomic mass is 10.1. The Kier molecular flexibility index (Phi) is 2.89. The molecule has 0 bridgehead atoms. The third-order valence-electron chi connectivity index (χ3n) is 3.48. The maximum absolute atomic E-state index is 5.76. The summed E-state index contributed by atoms with van der Waals surface area (Å²) in [5.41, 5.74) is 1.91. The van der Waals surface area contributed by atoms with Crippen molar-refractivity contribution < 1.29 is 4.74 Å². The Morgan fingerprint density at radius 2 is 2.00 bits per heavy atom. The first-order valence-electron chi connectivity index (χ1n) is 6.83. The quantitative estimate of drug-likeness (QED) is 0.721. The monoisotopic (exact) mass is 282 g/mol. The van der Waals surface area contributed by atoms with E-state index >= 15 is 0 Å². The summed E-state index contributed by atoms with van der Waals surface area (Å²) in [6.45, 7) is 0.738. The minimum Gasteiger partial charge on any atom is -0.463 e. The Bertz CT molecular complexity index is 735. The van der Waals surface area contributed by atoms with Gasteiger partial charge in [0.1, 0.15) is 0 Å². The molecule has 0 spiro atoms. The van der Waals surface area contributed by atoms with Gasteiger partial charge in [0.2, 0.25) is 0 Å². The summed E-state index contributed by atoms with van der Waals surface area (Å²) in [6.07, 6.45) is 2.54. The van der Waals surface area contributed by atoms with Crippen LogP contribution in [0.25, 0.3) is 21.5 Å². The van der Waals surface area contributed by atoms with Crippen molar-refractivity contribution in [1.29, 1.82) is 0 Å². The van der Waals surface area contributed by atoms with Crippen LogP contribution in [0.2, 0.25) is 0 Å². The van der Waals surface area contributed by atoms with Crippen molar-refractivity contribution in [2.24, 2.45) is 5.92 Å². The smallest absolute Gasteiger partial charge is 0.317 e. The average molecular weight is 282 g/mol. The summed E-state index contributed by atoms with van der Waals surface area (Å²) in [4.78, 5) is 10.3. The van der Waals surface area contributed by atoms with Gasteiger partial charge in [-0.1, -0.05) is 24.3 Å². The highest BCUT2D eigenvalue weighted by atomic mass is 32.1. The summed E-state index contributed by atoms with van der Waals surface area (Å²) >= 11 is 1.69. The van der Waals surface area contributed by atoms with Gasteiger partial charge in [-0.3, -0.25) is 0 Å². The highest BCUT2D eigenvalue weighted by Crippen LogP contribution is 2.32.